The third kappa shape index (κ3) is 22.0. The van der Waals surface area contributed by atoms with E-state index in [9.17, 15) is 39.6 Å². The molecule has 0 bridgehead atoms. The van der Waals surface area contributed by atoms with Gasteiger partial charge < -0.3 is 45.3 Å². The van der Waals surface area contributed by atoms with Gasteiger partial charge in [-0.05, 0) is 19.3 Å². The number of nitrogens with one attached hydrogen (secondary N) is 2. The fourth-order valence-electron chi connectivity index (χ4n) is 6.48. The van der Waals surface area contributed by atoms with Gasteiger partial charge in [-0.2, -0.15) is 11.8 Å². The minimum Gasteiger partial charge on any atom is -0.462 e. The summed E-state index contributed by atoms with van der Waals surface area (Å²) in [5.41, 5.74) is 0. The molecule has 5 unspecified atom stereocenters. The van der Waals surface area contributed by atoms with Crippen molar-refractivity contribution in [3.63, 3.8) is 0 Å². The molecule has 58 heavy (non-hydrogen) atoms. The molecule has 2 amide bonds. The number of anilines is 1. The van der Waals surface area contributed by atoms with Crippen molar-refractivity contribution >= 4 is 41.3 Å². The lowest BCUT2D eigenvalue weighted by molar-refractivity contribution is -0.284. The molecule has 0 spiro atoms. The van der Waals surface area contributed by atoms with E-state index >= 15 is 0 Å². The van der Waals surface area contributed by atoms with Gasteiger partial charge in [0.05, 0.1) is 12.7 Å². The summed E-state index contributed by atoms with van der Waals surface area (Å²) in [6, 6.07) is -1.01. The molecular formula is C41H73N5O11S. The second kappa shape index (κ2) is 31.1. The first kappa shape index (κ1) is 51.3. The summed E-state index contributed by atoms with van der Waals surface area (Å²) >= 11 is 1.28. The van der Waals surface area contributed by atoms with Gasteiger partial charge in [-0.3, -0.25) is 19.2 Å². The summed E-state index contributed by atoms with van der Waals surface area (Å²) < 4.78 is 17.8. The lowest BCUT2D eigenvalue weighted by Crippen LogP contribution is -2.58. The number of amides is 2. The number of hydrogen-bond acceptors (Lipinski definition) is 14. The van der Waals surface area contributed by atoms with E-state index in [1.807, 2.05) is 0 Å². The zero-order chi connectivity index (χ0) is 42.5. The van der Waals surface area contributed by atoms with Crippen LogP contribution < -0.4 is 10.6 Å². The van der Waals surface area contributed by atoms with Gasteiger partial charge >= 0.3 is 11.9 Å². The number of carbonyl (C=O) groups excluding carboxylic acids is 4. The highest BCUT2D eigenvalue weighted by molar-refractivity contribution is 7.99. The highest BCUT2D eigenvalue weighted by Crippen LogP contribution is 2.21. The first-order valence-corrected chi connectivity index (χ1v) is 22.9. The molecule has 1 saturated heterocycles. The first-order chi connectivity index (χ1) is 28.0. The zero-order valence-corrected chi connectivity index (χ0v) is 36.0. The molecule has 0 aromatic carbocycles. The standard InChI is InChI=1S/C41H73N5O11S/c1-4-7-10-13-16-19-22-34(47)42-31(40(53)43-33-26-46(45-44-33)25-32-37(50)38(51)39(52)41(54)57-32)29-58-28-30(56-36(49)24-21-18-15-12-9-6-3)27-55-35(48)23-20-17-14-11-8-5-2/h26,30-32,37-39,41,50-52,54H,4-25,27-29H2,1-3H3,(H,42,47)(H,43,53)/t30-,31-,32?,37?,38?,39?,41?/m1/s1. The lowest BCUT2D eigenvalue weighted by atomic mass is 9.99. The Morgan fingerprint density at radius 1 is 0.741 bits per heavy atom. The fourth-order valence-corrected chi connectivity index (χ4v) is 7.51. The summed E-state index contributed by atoms with van der Waals surface area (Å²) in [5, 5.41) is 53.4. The van der Waals surface area contributed by atoms with Crippen LogP contribution in [0.15, 0.2) is 6.20 Å². The summed E-state index contributed by atoms with van der Waals surface area (Å²) in [6.45, 7) is 6.17. The average molecular weight is 844 g/mol. The number of hydrogen-bond donors (Lipinski definition) is 6. The number of aromatic nitrogens is 3. The molecular weight excluding hydrogens is 771 g/mol. The second-order valence-corrected chi connectivity index (χ2v) is 16.4. The molecule has 1 aromatic heterocycles. The number of thioether (sulfide) groups is 1. The van der Waals surface area contributed by atoms with Gasteiger partial charge in [0.25, 0.3) is 0 Å². The van der Waals surface area contributed by atoms with Crippen LogP contribution in [0.4, 0.5) is 5.82 Å². The summed E-state index contributed by atoms with van der Waals surface area (Å²) in [7, 11) is 0. The number of esters is 2. The molecule has 2 heterocycles. The molecule has 1 aromatic rings. The maximum absolute atomic E-state index is 13.6. The van der Waals surface area contributed by atoms with Crippen molar-refractivity contribution in [2.75, 3.05) is 23.4 Å². The van der Waals surface area contributed by atoms with E-state index in [2.05, 4.69) is 41.7 Å². The summed E-state index contributed by atoms with van der Waals surface area (Å²) in [4.78, 5) is 52.1. The Kier molecular flexibility index (Phi) is 27.5. The van der Waals surface area contributed by atoms with Crippen molar-refractivity contribution in [1.82, 2.24) is 20.3 Å². The van der Waals surface area contributed by atoms with Gasteiger partial charge in [0.15, 0.2) is 12.1 Å². The normalized spacial score (nSPS) is 20.3. The van der Waals surface area contributed by atoms with Gasteiger partial charge in [0.1, 0.15) is 43.2 Å². The predicted octanol–water partition coefficient (Wildman–Crippen LogP) is 4.94. The summed E-state index contributed by atoms with van der Waals surface area (Å²) in [6.07, 6.45) is 12.0. The van der Waals surface area contributed by atoms with E-state index in [1.54, 1.807) is 0 Å². The first-order valence-electron chi connectivity index (χ1n) is 21.8. The third-order valence-corrected chi connectivity index (χ3v) is 11.2. The maximum Gasteiger partial charge on any atom is 0.306 e. The van der Waals surface area contributed by atoms with Crippen molar-refractivity contribution < 1.29 is 53.8 Å². The molecule has 1 fully saturated rings. The largest absolute Gasteiger partial charge is 0.462 e. The Morgan fingerprint density at radius 3 is 1.90 bits per heavy atom. The predicted molar refractivity (Wildman–Crippen MR) is 222 cm³/mol. The Morgan fingerprint density at radius 2 is 1.29 bits per heavy atom. The summed E-state index contributed by atoms with van der Waals surface area (Å²) in [5.74, 6) is -1.21. The van der Waals surface area contributed by atoms with Crippen LogP contribution in [0.5, 0.6) is 0 Å². The van der Waals surface area contributed by atoms with E-state index in [0.29, 0.717) is 12.8 Å². The Labute approximate surface area is 349 Å². The monoisotopic (exact) mass is 844 g/mol. The van der Waals surface area contributed by atoms with Gasteiger partial charge in [-0.1, -0.05) is 122 Å². The van der Waals surface area contributed by atoms with E-state index < -0.39 is 48.8 Å². The van der Waals surface area contributed by atoms with Crippen LogP contribution in [0, 0.1) is 0 Å². The Bertz CT molecular complexity index is 1290. The maximum atomic E-state index is 13.6. The number of aliphatic hydroxyl groups is 4. The Hall–Kier alpha value is -2.83. The van der Waals surface area contributed by atoms with E-state index in [-0.39, 0.29) is 67.6 Å². The van der Waals surface area contributed by atoms with Crippen LogP contribution in [-0.2, 0) is 39.9 Å². The zero-order valence-electron chi connectivity index (χ0n) is 35.2. The second-order valence-electron chi connectivity index (χ2n) is 15.4. The number of rotatable bonds is 33. The number of aliphatic hydroxyl groups excluding tert-OH is 4. The topological polar surface area (TPSA) is 232 Å². The molecule has 16 nitrogen and oxygen atoms in total. The van der Waals surface area contributed by atoms with Gasteiger partial charge in [-0.25, -0.2) is 4.68 Å². The number of ether oxygens (including phenoxy) is 3. The van der Waals surface area contributed by atoms with Crippen LogP contribution in [0.25, 0.3) is 0 Å². The molecule has 2 rings (SSSR count). The third-order valence-electron chi connectivity index (χ3n) is 10.0. The van der Waals surface area contributed by atoms with Crippen LogP contribution >= 0.6 is 11.8 Å². The SMILES string of the molecule is CCCCCCCCC(=O)N[C@H](CSC[C@@H](COC(=O)CCCCCCCC)OC(=O)CCCCCCCC)C(=O)Nc1cn(CC2OC(O)C(O)C(O)C2O)nn1. The van der Waals surface area contributed by atoms with Crippen molar-refractivity contribution in [3.05, 3.63) is 6.20 Å². The minimum atomic E-state index is -1.72. The highest BCUT2D eigenvalue weighted by atomic mass is 32.2. The molecule has 7 atom stereocenters. The molecule has 0 saturated carbocycles. The van der Waals surface area contributed by atoms with Crippen molar-refractivity contribution in [2.45, 2.75) is 205 Å². The molecule has 334 valence electrons. The number of unbranched alkanes of at least 4 members (excludes halogenated alkanes) is 15. The van der Waals surface area contributed by atoms with E-state index in [0.717, 1.165) is 96.3 Å². The van der Waals surface area contributed by atoms with Crippen LogP contribution in [0.1, 0.15) is 156 Å². The average Bonchev–Trinajstić information content (AvgIpc) is 3.64. The van der Waals surface area contributed by atoms with E-state index in [1.165, 1.54) is 29.1 Å². The number of carbonyl (C=O) groups is 4. The van der Waals surface area contributed by atoms with Gasteiger partial charge in [0, 0.05) is 30.8 Å². The molecule has 1 aliphatic heterocycles. The molecule has 0 aliphatic carbocycles. The molecule has 6 N–H and O–H groups in total. The van der Waals surface area contributed by atoms with Gasteiger partial charge in [0.2, 0.25) is 11.8 Å². The minimum absolute atomic E-state index is 0.0374. The molecule has 1 aliphatic rings. The van der Waals surface area contributed by atoms with E-state index in [4.69, 9.17) is 14.2 Å². The van der Waals surface area contributed by atoms with Crippen LogP contribution in [-0.4, -0.2) is 120 Å². The smallest absolute Gasteiger partial charge is 0.306 e. The van der Waals surface area contributed by atoms with Crippen molar-refractivity contribution in [1.29, 1.82) is 0 Å². The van der Waals surface area contributed by atoms with Crippen molar-refractivity contribution in [3.8, 4) is 0 Å². The quantitative estimate of drug-likeness (QED) is 0.0407. The van der Waals surface area contributed by atoms with Gasteiger partial charge in [-0.15, -0.1) is 5.10 Å². The van der Waals surface area contributed by atoms with Crippen LogP contribution in [0.2, 0.25) is 0 Å². The fraction of sp³-hybridized carbons (Fsp3) is 0.854. The highest BCUT2D eigenvalue weighted by Gasteiger charge is 2.43. The Balaban J connectivity index is 2.05. The van der Waals surface area contributed by atoms with Crippen LogP contribution in [0.3, 0.4) is 0 Å². The number of nitrogens with zero attached hydrogens (tertiary/aromatic N) is 3. The molecule has 0 radical (unpaired) electrons. The molecule has 17 heteroatoms. The lowest BCUT2D eigenvalue weighted by Gasteiger charge is -2.38. The van der Waals surface area contributed by atoms with Crippen molar-refractivity contribution in [2.24, 2.45) is 0 Å².